The third-order valence-electron chi connectivity index (χ3n) is 3.72. The first-order valence-corrected chi connectivity index (χ1v) is 9.34. The zero-order valence-corrected chi connectivity index (χ0v) is 16.8. The number of hydrogen-bond donors (Lipinski definition) is 0. The Balaban J connectivity index is 3.00. The zero-order valence-electron chi connectivity index (χ0n) is 16.8. The Morgan fingerprint density at radius 1 is 0.692 bits per heavy atom. The summed E-state index contributed by atoms with van der Waals surface area (Å²) in [5.41, 5.74) is 4.99. The van der Waals surface area contributed by atoms with Crippen LogP contribution in [0.2, 0.25) is 0 Å². The molecule has 0 saturated heterocycles. The van der Waals surface area contributed by atoms with Crippen molar-refractivity contribution in [2.45, 2.75) is 60.3 Å². The number of rotatable bonds is 5. The van der Waals surface area contributed by atoms with Gasteiger partial charge in [-0.25, -0.2) is 0 Å². The van der Waals surface area contributed by atoms with Gasteiger partial charge in [0.1, 0.15) is 0 Å². The van der Waals surface area contributed by atoms with E-state index < -0.39 is 0 Å². The number of nitrogens with zero attached hydrogens (tertiary/aromatic N) is 1. The Kier molecular flexibility index (Phi) is 10.3. The number of anilines is 1. The summed E-state index contributed by atoms with van der Waals surface area (Å²) in [5.74, 6) is 24.2. The van der Waals surface area contributed by atoms with Crippen LogP contribution in [0.5, 0.6) is 0 Å². The van der Waals surface area contributed by atoms with Crippen molar-refractivity contribution >= 4 is 5.69 Å². The Morgan fingerprint density at radius 2 is 1.12 bits per heavy atom. The molecule has 0 radical (unpaired) electrons. The maximum absolute atomic E-state index is 3.17. The van der Waals surface area contributed by atoms with E-state index in [-0.39, 0.29) is 0 Å². The molecule has 0 saturated carbocycles. The molecule has 0 aliphatic heterocycles. The molecule has 0 bridgehead atoms. The highest BCUT2D eigenvalue weighted by Crippen LogP contribution is 2.25. The Morgan fingerprint density at radius 3 is 1.54 bits per heavy atom. The van der Waals surface area contributed by atoms with Crippen LogP contribution in [-0.4, -0.2) is 13.1 Å². The van der Waals surface area contributed by atoms with E-state index in [4.69, 9.17) is 0 Å². The second-order valence-electron chi connectivity index (χ2n) is 6.31. The van der Waals surface area contributed by atoms with Crippen LogP contribution in [0.4, 0.5) is 5.69 Å². The molecule has 0 unspecified atom stereocenters. The SMILES string of the molecule is CCCC#CC#CCN(CC#CC#CCCC)c1c(C)cc(C)cc1C. The molecule has 0 aliphatic rings. The minimum absolute atomic E-state index is 0.614. The lowest BCUT2D eigenvalue weighted by Crippen LogP contribution is -2.25. The van der Waals surface area contributed by atoms with E-state index in [1.54, 1.807) is 0 Å². The first-order valence-electron chi connectivity index (χ1n) is 9.34. The van der Waals surface area contributed by atoms with E-state index in [0.717, 1.165) is 25.7 Å². The van der Waals surface area contributed by atoms with Gasteiger partial charge < -0.3 is 4.90 Å². The lowest BCUT2D eigenvalue weighted by molar-refractivity contribution is 0.966. The molecule has 1 aromatic carbocycles. The highest BCUT2D eigenvalue weighted by molar-refractivity contribution is 5.61. The molecule has 0 heterocycles. The predicted octanol–water partition coefficient (Wildman–Crippen LogP) is 5.03. The molecule has 0 aliphatic carbocycles. The fourth-order valence-corrected chi connectivity index (χ4v) is 2.71. The normalized spacial score (nSPS) is 8.65. The third kappa shape index (κ3) is 7.89. The first-order chi connectivity index (χ1) is 12.6. The summed E-state index contributed by atoms with van der Waals surface area (Å²) in [4.78, 5) is 2.22. The molecule has 1 rings (SSSR count). The van der Waals surface area contributed by atoms with Gasteiger partial charge in [-0.2, -0.15) is 0 Å². The van der Waals surface area contributed by atoms with Crippen LogP contribution in [0.3, 0.4) is 0 Å². The fourth-order valence-electron chi connectivity index (χ4n) is 2.71. The minimum atomic E-state index is 0.614. The van der Waals surface area contributed by atoms with Gasteiger partial charge in [-0.15, -0.1) is 0 Å². The van der Waals surface area contributed by atoms with Crippen molar-refractivity contribution in [3.05, 3.63) is 28.8 Å². The standard InChI is InChI=1S/C25H29N/c1-6-8-10-12-14-16-18-26(19-17-15-13-11-9-7-2)25-23(4)20-22(3)21-24(25)5/h20-21H,6-9,18-19H2,1-5H3. The molecule has 0 spiro atoms. The van der Waals surface area contributed by atoms with Crippen molar-refractivity contribution < 1.29 is 0 Å². The van der Waals surface area contributed by atoms with E-state index in [1.165, 1.54) is 22.4 Å². The second-order valence-corrected chi connectivity index (χ2v) is 6.31. The summed E-state index contributed by atoms with van der Waals surface area (Å²) in [6.07, 6.45) is 3.93. The molecule has 1 heteroatoms. The average Bonchev–Trinajstić information content (AvgIpc) is 2.59. The smallest absolute Gasteiger partial charge is 0.0814 e. The summed E-state index contributed by atoms with van der Waals surface area (Å²) in [5, 5.41) is 0. The lowest BCUT2D eigenvalue weighted by atomic mass is 10.0. The van der Waals surface area contributed by atoms with Crippen LogP contribution < -0.4 is 4.90 Å². The van der Waals surface area contributed by atoms with Crippen LogP contribution >= 0.6 is 0 Å². The van der Waals surface area contributed by atoms with Gasteiger partial charge in [0.25, 0.3) is 0 Å². The number of unbranched alkanes of at least 4 members (excludes halogenated alkanes) is 2. The molecule has 0 atom stereocenters. The summed E-state index contributed by atoms with van der Waals surface area (Å²) in [6.45, 7) is 11.9. The maximum atomic E-state index is 3.17. The van der Waals surface area contributed by atoms with Gasteiger partial charge in [0.2, 0.25) is 0 Å². The second kappa shape index (κ2) is 12.6. The molecule has 1 nitrogen and oxygen atoms in total. The molecule has 1 aromatic rings. The van der Waals surface area contributed by atoms with Gasteiger partial charge in [0, 0.05) is 18.5 Å². The van der Waals surface area contributed by atoms with Crippen LogP contribution in [0.15, 0.2) is 12.1 Å². The van der Waals surface area contributed by atoms with Crippen molar-refractivity contribution in [3.63, 3.8) is 0 Å². The van der Waals surface area contributed by atoms with E-state index in [9.17, 15) is 0 Å². The van der Waals surface area contributed by atoms with Gasteiger partial charge in [-0.1, -0.05) is 55.2 Å². The Hall–Kier alpha value is -2.74. The Bertz CT molecular complexity index is 762. The number of aryl methyl sites for hydroxylation is 3. The predicted molar refractivity (Wildman–Crippen MR) is 114 cm³/mol. The van der Waals surface area contributed by atoms with E-state index >= 15 is 0 Å². The molecule has 26 heavy (non-hydrogen) atoms. The summed E-state index contributed by atoms with van der Waals surface area (Å²) < 4.78 is 0. The van der Waals surface area contributed by atoms with Crippen LogP contribution in [0.25, 0.3) is 0 Å². The van der Waals surface area contributed by atoms with E-state index in [2.05, 4.69) is 99.0 Å². The van der Waals surface area contributed by atoms with Crippen LogP contribution in [-0.2, 0) is 0 Å². The minimum Gasteiger partial charge on any atom is -0.349 e. The van der Waals surface area contributed by atoms with Crippen molar-refractivity contribution in [2.75, 3.05) is 18.0 Å². The van der Waals surface area contributed by atoms with Gasteiger partial charge in [0.15, 0.2) is 0 Å². The quantitative estimate of drug-likeness (QED) is 0.678. The zero-order chi connectivity index (χ0) is 19.2. The van der Waals surface area contributed by atoms with Crippen LogP contribution in [0, 0.1) is 68.1 Å². The highest BCUT2D eigenvalue weighted by atomic mass is 15.1. The average molecular weight is 344 g/mol. The van der Waals surface area contributed by atoms with E-state index in [1.807, 2.05) is 0 Å². The fraction of sp³-hybridized carbons (Fsp3) is 0.440. The first kappa shape index (κ1) is 21.3. The third-order valence-corrected chi connectivity index (χ3v) is 3.72. The highest BCUT2D eigenvalue weighted by Gasteiger charge is 2.10. The van der Waals surface area contributed by atoms with Crippen molar-refractivity contribution in [1.29, 1.82) is 0 Å². The van der Waals surface area contributed by atoms with Crippen molar-refractivity contribution in [3.8, 4) is 47.4 Å². The summed E-state index contributed by atoms with van der Waals surface area (Å²) in [7, 11) is 0. The topological polar surface area (TPSA) is 3.24 Å². The monoisotopic (exact) mass is 343 g/mol. The molecule has 134 valence electrons. The molecule has 0 aromatic heterocycles. The van der Waals surface area contributed by atoms with Gasteiger partial charge >= 0.3 is 0 Å². The molecule has 0 fully saturated rings. The van der Waals surface area contributed by atoms with Crippen LogP contribution in [0.1, 0.15) is 56.2 Å². The maximum Gasteiger partial charge on any atom is 0.0814 e. The van der Waals surface area contributed by atoms with Gasteiger partial charge in [0.05, 0.1) is 13.1 Å². The van der Waals surface area contributed by atoms with E-state index in [0.29, 0.717) is 13.1 Å². The number of hydrogen-bond acceptors (Lipinski definition) is 1. The van der Waals surface area contributed by atoms with Crippen molar-refractivity contribution in [1.82, 2.24) is 0 Å². The Labute approximate surface area is 160 Å². The summed E-state index contributed by atoms with van der Waals surface area (Å²) in [6, 6.07) is 4.41. The van der Waals surface area contributed by atoms with Gasteiger partial charge in [-0.3, -0.25) is 0 Å². The molecule has 0 amide bonds. The van der Waals surface area contributed by atoms with Gasteiger partial charge in [-0.05, 0) is 68.4 Å². The molecular formula is C25H29N. The van der Waals surface area contributed by atoms with Crippen molar-refractivity contribution in [2.24, 2.45) is 0 Å². The lowest BCUT2D eigenvalue weighted by Gasteiger charge is -2.24. The molecular weight excluding hydrogens is 314 g/mol. The largest absolute Gasteiger partial charge is 0.349 e. The summed E-state index contributed by atoms with van der Waals surface area (Å²) >= 11 is 0. The molecule has 0 N–H and O–H groups in total. The number of benzene rings is 1.